The Kier molecular flexibility index (Phi) is 5.88. The second-order valence-electron chi connectivity index (χ2n) is 7.91. The first kappa shape index (κ1) is 20.2. The summed E-state index contributed by atoms with van der Waals surface area (Å²) in [6.07, 6.45) is 8.19. The number of aromatic amines is 1. The number of hydrogen-bond donors (Lipinski definition) is 2. The molecule has 1 saturated heterocycles. The number of nitrogens with zero attached hydrogens (tertiary/aromatic N) is 3. The van der Waals surface area contributed by atoms with Gasteiger partial charge in [-0.1, -0.05) is 25.1 Å². The van der Waals surface area contributed by atoms with E-state index in [-0.39, 0.29) is 17.7 Å². The summed E-state index contributed by atoms with van der Waals surface area (Å²) in [7, 11) is 0. The highest BCUT2D eigenvalue weighted by atomic mass is 16.2. The van der Waals surface area contributed by atoms with Gasteiger partial charge in [-0.15, -0.1) is 0 Å². The van der Waals surface area contributed by atoms with Gasteiger partial charge in [-0.2, -0.15) is 5.10 Å². The van der Waals surface area contributed by atoms with Crippen molar-refractivity contribution in [1.29, 1.82) is 0 Å². The molecule has 2 aromatic heterocycles. The summed E-state index contributed by atoms with van der Waals surface area (Å²) in [5.41, 5.74) is 4.16. The number of piperidine rings is 1. The van der Waals surface area contributed by atoms with Crippen molar-refractivity contribution in [1.82, 2.24) is 19.7 Å². The highest BCUT2D eigenvalue weighted by Crippen LogP contribution is 2.24. The number of para-hydroxylation sites is 1. The summed E-state index contributed by atoms with van der Waals surface area (Å²) >= 11 is 0. The molecule has 1 aliphatic heterocycles. The first-order valence-corrected chi connectivity index (χ1v) is 10.8. The van der Waals surface area contributed by atoms with Crippen LogP contribution in [0, 0.1) is 5.92 Å². The number of anilines is 1. The Morgan fingerprint density at radius 1 is 1.20 bits per heavy atom. The lowest BCUT2D eigenvalue weighted by Gasteiger charge is -2.31. The van der Waals surface area contributed by atoms with Gasteiger partial charge in [0, 0.05) is 48.8 Å². The van der Waals surface area contributed by atoms with Gasteiger partial charge in [0.2, 0.25) is 11.8 Å². The fourth-order valence-electron chi connectivity index (χ4n) is 4.23. The number of amides is 2. The zero-order valence-electron chi connectivity index (χ0n) is 17.6. The van der Waals surface area contributed by atoms with E-state index in [9.17, 15) is 9.59 Å². The van der Waals surface area contributed by atoms with Crippen LogP contribution < -0.4 is 5.32 Å². The number of aryl methyl sites for hydroxylation is 2. The van der Waals surface area contributed by atoms with Crippen LogP contribution in [-0.4, -0.2) is 44.6 Å². The van der Waals surface area contributed by atoms with Crippen molar-refractivity contribution in [3.8, 4) is 0 Å². The van der Waals surface area contributed by atoms with Crippen molar-refractivity contribution in [2.24, 2.45) is 5.92 Å². The van der Waals surface area contributed by atoms with E-state index >= 15 is 0 Å². The predicted molar refractivity (Wildman–Crippen MR) is 117 cm³/mol. The Hall–Kier alpha value is -3.09. The summed E-state index contributed by atoms with van der Waals surface area (Å²) in [4.78, 5) is 30.6. The number of aromatic nitrogens is 3. The lowest BCUT2D eigenvalue weighted by atomic mass is 9.95. The van der Waals surface area contributed by atoms with Crippen molar-refractivity contribution >= 4 is 28.4 Å². The summed E-state index contributed by atoms with van der Waals surface area (Å²) in [5, 5.41) is 8.26. The SMILES string of the molecule is CCc1cccc2c(CC(=O)N3CCC(C(=O)Nc4cnn(CC)c4)CC3)c[nH]c12. The van der Waals surface area contributed by atoms with Crippen LogP contribution in [0.4, 0.5) is 5.69 Å². The van der Waals surface area contributed by atoms with E-state index in [0.717, 1.165) is 35.1 Å². The van der Waals surface area contributed by atoms with Crippen molar-refractivity contribution in [3.63, 3.8) is 0 Å². The third-order valence-electron chi connectivity index (χ3n) is 6.05. The Bertz CT molecular complexity index is 1040. The molecule has 1 fully saturated rings. The number of likely N-dealkylation sites (tertiary alicyclic amines) is 1. The zero-order chi connectivity index (χ0) is 21.1. The van der Waals surface area contributed by atoms with Gasteiger partial charge in [0.05, 0.1) is 18.3 Å². The van der Waals surface area contributed by atoms with Gasteiger partial charge in [-0.3, -0.25) is 14.3 Å². The lowest BCUT2D eigenvalue weighted by Crippen LogP contribution is -2.42. The van der Waals surface area contributed by atoms with Gasteiger partial charge in [0.15, 0.2) is 0 Å². The summed E-state index contributed by atoms with van der Waals surface area (Å²) in [6, 6.07) is 6.25. The van der Waals surface area contributed by atoms with E-state index in [0.29, 0.717) is 32.4 Å². The van der Waals surface area contributed by atoms with Crippen LogP contribution in [0.5, 0.6) is 0 Å². The van der Waals surface area contributed by atoms with Crippen LogP contribution in [0.1, 0.15) is 37.8 Å². The van der Waals surface area contributed by atoms with Crippen LogP contribution in [0.2, 0.25) is 0 Å². The largest absolute Gasteiger partial charge is 0.361 e. The molecule has 4 rings (SSSR count). The van der Waals surface area contributed by atoms with Gasteiger partial charge in [0.25, 0.3) is 0 Å². The third kappa shape index (κ3) is 4.10. The third-order valence-corrected chi connectivity index (χ3v) is 6.05. The second-order valence-corrected chi connectivity index (χ2v) is 7.91. The van der Waals surface area contributed by atoms with Gasteiger partial charge in [-0.05, 0) is 37.3 Å². The normalized spacial score (nSPS) is 14.9. The number of hydrogen-bond acceptors (Lipinski definition) is 3. The highest BCUT2D eigenvalue weighted by molar-refractivity contribution is 5.93. The van der Waals surface area contributed by atoms with E-state index in [1.807, 2.05) is 24.2 Å². The number of benzene rings is 1. The van der Waals surface area contributed by atoms with E-state index < -0.39 is 0 Å². The molecule has 2 amide bonds. The molecule has 3 heterocycles. The fraction of sp³-hybridized carbons (Fsp3) is 0.435. The van der Waals surface area contributed by atoms with Gasteiger partial charge in [0.1, 0.15) is 0 Å². The number of carbonyl (C=O) groups excluding carboxylic acids is 2. The lowest BCUT2D eigenvalue weighted by molar-refractivity contribution is -0.133. The molecule has 1 aromatic carbocycles. The van der Waals surface area contributed by atoms with E-state index in [2.05, 4.69) is 40.5 Å². The quantitative estimate of drug-likeness (QED) is 0.657. The van der Waals surface area contributed by atoms with E-state index in [1.54, 1.807) is 10.9 Å². The van der Waals surface area contributed by atoms with Crippen LogP contribution >= 0.6 is 0 Å². The van der Waals surface area contributed by atoms with Crippen LogP contribution in [0.25, 0.3) is 10.9 Å². The highest BCUT2D eigenvalue weighted by Gasteiger charge is 2.28. The molecule has 0 radical (unpaired) electrons. The number of rotatable bonds is 6. The van der Waals surface area contributed by atoms with Crippen molar-refractivity contribution in [2.75, 3.05) is 18.4 Å². The summed E-state index contributed by atoms with van der Waals surface area (Å²) in [5.74, 6) is 0.0709. The maximum absolute atomic E-state index is 12.9. The molecule has 0 unspecified atom stereocenters. The minimum atomic E-state index is -0.0702. The minimum absolute atomic E-state index is 0.0153. The van der Waals surface area contributed by atoms with E-state index in [4.69, 9.17) is 0 Å². The summed E-state index contributed by atoms with van der Waals surface area (Å²) < 4.78 is 1.78. The monoisotopic (exact) mass is 407 g/mol. The smallest absolute Gasteiger partial charge is 0.227 e. The van der Waals surface area contributed by atoms with Crippen LogP contribution in [-0.2, 0) is 29.0 Å². The maximum atomic E-state index is 12.9. The molecular weight excluding hydrogens is 378 g/mol. The molecule has 0 atom stereocenters. The Labute approximate surface area is 176 Å². The molecule has 0 saturated carbocycles. The Balaban J connectivity index is 1.33. The average molecular weight is 408 g/mol. The molecule has 1 aliphatic rings. The molecule has 0 bridgehead atoms. The zero-order valence-corrected chi connectivity index (χ0v) is 17.6. The van der Waals surface area contributed by atoms with Gasteiger partial charge < -0.3 is 15.2 Å². The van der Waals surface area contributed by atoms with Crippen molar-refractivity contribution < 1.29 is 9.59 Å². The molecule has 0 aliphatic carbocycles. The Morgan fingerprint density at radius 3 is 2.70 bits per heavy atom. The summed E-state index contributed by atoms with van der Waals surface area (Å²) in [6.45, 7) is 6.15. The average Bonchev–Trinajstić information content (AvgIpc) is 3.40. The fourth-order valence-corrected chi connectivity index (χ4v) is 4.23. The molecular formula is C23H29N5O2. The topological polar surface area (TPSA) is 83.0 Å². The minimum Gasteiger partial charge on any atom is -0.361 e. The number of H-pyrrole nitrogens is 1. The molecule has 0 spiro atoms. The number of carbonyl (C=O) groups is 2. The molecule has 7 heteroatoms. The van der Waals surface area contributed by atoms with Crippen molar-refractivity contribution in [2.45, 2.75) is 46.1 Å². The first-order valence-electron chi connectivity index (χ1n) is 10.8. The Morgan fingerprint density at radius 2 is 2.00 bits per heavy atom. The second kappa shape index (κ2) is 8.73. The molecule has 7 nitrogen and oxygen atoms in total. The molecule has 3 aromatic rings. The molecule has 30 heavy (non-hydrogen) atoms. The van der Waals surface area contributed by atoms with Gasteiger partial charge >= 0.3 is 0 Å². The maximum Gasteiger partial charge on any atom is 0.227 e. The number of fused-ring (bicyclic) bond motifs is 1. The number of nitrogens with one attached hydrogen (secondary N) is 2. The molecule has 158 valence electrons. The van der Waals surface area contributed by atoms with Crippen LogP contribution in [0.15, 0.2) is 36.8 Å². The first-order chi connectivity index (χ1) is 14.6. The van der Waals surface area contributed by atoms with Crippen molar-refractivity contribution in [3.05, 3.63) is 47.9 Å². The predicted octanol–water partition coefficient (Wildman–Crippen LogP) is 3.37. The van der Waals surface area contributed by atoms with E-state index in [1.165, 1.54) is 5.56 Å². The standard InChI is InChI=1S/C23H29N5O2/c1-3-16-6-5-7-20-18(13-24-22(16)20)12-21(29)27-10-8-17(9-11-27)23(30)26-19-14-25-28(4-2)15-19/h5-7,13-15,17,24H,3-4,8-12H2,1-2H3,(H,26,30). The van der Waals surface area contributed by atoms with Gasteiger partial charge in [-0.25, -0.2) is 0 Å². The molecule has 2 N–H and O–H groups in total. The van der Waals surface area contributed by atoms with Crippen LogP contribution in [0.3, 0.4) is 0 Å².